The molecule has 1 unspecified atom stereocenters. The molecule has 7 nitrogen and oxygen atoms in total. The van der Waals surface area contributed by atoms with E-state index in [1.807, 2.05) is 0 Å². The lowest BCUT2D eigenvalue weighted by Gasteiger charge is -2.30. The van der Waals surface area contributed by atoms with Gasteiger partial charge < -0.3 is 9.84 Å². The molecule has 2 aromatic heterocycles. The van der Waals surface area contributed by atoms with Crippen LogP contribution < -0.4 is 5.32 Å². The molecule has 1 fully saturated rings. The number of hydrogen-bond acceptors (Lipinski definition) is 7. The number of hydrogen-bond donors (Lipinski definition) is 1. The van der Waals surface area contributed by atoms with Gasteiger partial charge in [0, 0.05) is 32.4 Å². The van der Waals surface area contributed by atoms with Gasteiger partial charge in [-0.2, -0.15) is 4.98 Å². The number of piperazine rings is 1. The van der Waals surface area contributed by atoms with Gasteiger partial charge in [0.2, 0.25) is 11.7 Å². The van der Waals surface area contributed by atoms with Gasteiger partial charge in [-0.1, -0.05) is 5.16 Å². The highest BCUT2D eigenvalue weighted by Gasteiger charge is 2.23. The summed E-state index contributed by atoms with van der Waals surface area (Å²) >= 11 is 0. The van der Waals surface area contributed by atoms with Crippen molar-refractivity contribution in [1.82, 2.24) is 30.3 Å². The van der Waals surface area contributed by atoms with Crippen LogP contribution in [0.3, 0.4) is 0 Å². The minimum absolute atomic E-state index is 0.130. The topological polar surface area (TPSA) is 80.0 Å². The van der Waals surface area contributed by atoms with Crippen LogP contribution in [0.5, 0.6) is 0 Å². The molecular formula is C12H16N6O. The summed E-state index contributed by atoms with van der Waals surface area (Å²) in [5.41, 5.74) is 0.678. The van der Waals surface area contributed by atoms with Crippen LogP contribution in [-0.2, 0) is 0 Å². The van der Waals surface area contributed by atoms with E-state index in [0.29, 0.717) is 17.4 Å². The van der Waals surface area contributed by atoms with E-state index < -0.39 is 0 Å². The smallest absolute Gasteiger partial charge is 0.244 e. The summed E-state index contributed by atoms with van der Waals surface area (Å²) < 4.78 is 5.35. The molecule has 0 aliphatic carbocycles. The van der Waals surface area contributed by atoms with E-state index in [2.05, 4.69) is 37.2 Å². The minimum Gasteiger partial charge on any atom is -0.337 e. The zero-order valence-electron chi connectivity index (χ0n) is 10.8. The number of nitrogens with one attached hydrogen (secondary N) is 1. The van der Waals surface area contributed by atoms with Crippen molar-refractivity contribution in [1.29, 1.82) is 0 Å². The van der Waals surface area contributed by atoms with Crippen LogP contribution in [0.2, 0.25) is 0 Å². The van der Waals surface area contributed by atoms with E-state index >= 15 is 0 Å². The van der Waals surface area contributed by atoms with E-state index in [-0.39, 0.29) is 6.04 Å². The van der Waals surface area contributed by atoms with E-state index in [1.54, 1.807) is 12.3 Å². The summed E-state index contributed by atoms with van der Waals surface area (Å²) in [5, 5.41) is 7.31. The monoisotopic (exact) mass is 260 g/mol. The Kier molecular flexibility index (Phi) is 3.47. The fourth-order valence-electron chi connectivity index (χ4n) is 2.16. The van der Waals surface area contributed by atoms with Gasteiger partial charge in [0.1, 0.15) is 12.0 Å². The van der Waals surface area contributed by atoms with Crippen molar-refractivity contribution in [2.75, 3.05) is 26.2 Å². The summed E-state index contributed by atoms with van der Waals surface area (Å²) in [6.07, 6.45) is 3.14. The molecule has 1 N–H and O–H groups in total. The third-order valence-corrected chi connectivity index (χ3v) is 3.31. The maximum Gasteiger partial charge on any atom is 0.244 e. The number of nitrogens with zero attached hydrogens (tertiary/aromatic N) is 5. The van der Waals surface area contributed by atoms with Gasteiger partial charge in [0.25, 0.3) is 0 Å². The lowest BCUT2D eigenvalue weighted by molar-refractivity contribution is 0.154. The van der Waals surface area contributed by atoms with Crippen LogP contribution in [0.1, 0.15) is 18.9 Å². The van der Waals surface area contributed by atoms with Crippen molar-refractivity contribution < 1.29 is 4.52 Å². The lowest BCUT2D eigenvalue weighted by atomic mass is 10.2. The minimum atomic E-state index is 0.130. The van der Waals surface area contributed by atoms with Crippen molar-refractivity contribution in [3.63, 3.8) is 0 Å². The number of aromatic nitrogens is 4. The lowest BCUT2D eigenvalue weighted by Crippen LogP contribution is -2.44. The molecule has 2 aromatic rings. The third kappa shape index (κ3) is 2.61. The van der Waals surface area contributed by atoms with Crippen molar-refractivity contribution in [2.24, 2.45) is 0 Å². The molecule has 100 valence electrons. The van der Waals surface area contributed by atoms with Gasteiger partial charge in [-0.25, -0.2) is 9.97 Å². The highest BCUT2D eigenvalue weighted by atomic mass is 16.5. The Labute approximate surface area is 111 Å². The quantitative estimate of drug-likeness (QED) is 0.860. The van der Waals surface area contributed by atoms with Crippen LogP contribution in [0.15, 0.2) is 23.1 Å². The molecule has 7 heteroatoms. The summed E-state index contributed by atoms with van der Waals surface area (Å²) in [6.45, 7) is 6.07. The van der Waals surface area contributed by atoms with E-state index in [9.17, 15) is 0 Å². The molecule has 0 radical (unpaired) electrons. The Morgan fingerprint density at radius 3 is 2.95 bits per heavy atom. The molecule has 0 spiro atoms. The molecule has 1 atom stereocenters. The Morgan fingerprint density at radius 2 is 2.21 bits per heavy atom. The highest BCUT2D eigenvalue weighted by Crippen LogP contribution is 2.21. The third-order valence-electron chi connectivity index (χ3n) is 3.31. The first-order chi connectivity index (χ1) is 9.34. The van der Waals surface area contributed by atoms with Crippen LogP contribution >= 0.6 is 0 Å². The second-order valence-corrected chi connectivity index (χ2v) is 4.51. The van der Waals surface area contributed by atoms with E-state index in [1.165, 1.54) is 6.33 Å². The zero-order chi connectivity index (χ0) is 13.1. The summed E-state index contributed by atoms with van der Waals surface area (Å²) in [4.78, 5) is 14.7. The Bertz CT molecular complexity index is 522. The first kappa shape index (κ1) is 12.2. The van der Waals surface area contributed by atoms with E-state index in [4.69, 9.17) is 4.52 Å². The fraction of sp³-hybridized carbons (Fsp3) is 0.500. The van der Waals surface area contributed by atoms with Crippen molar-refractivity contribution in [3.05, 3.63) is 24.5 Å². The number of rotatable bonds is 3. The van der Waals surface area contributed by atoms with E-state index in [0.717, 1.165) is 26.2 Å². The Morgan fingerprint density at radius 1 is 1.37 bits per heavy atom. The average molecular weight is 260 g/mol. The standard InChI is InChI=1S/C12H16N6O/c1-9(18-6-4-13-5-7-18)12-16-11(17-19-12)10-2-3-14-8-15-10/h2-3,8-9,13H,4-7H2,1H3. The van der Waals surface area contributed by atoms with Gasteiger partial charge >= 0.3 is 0 Å². The van der Waals surface area contributed by atoms with Crippen LogP contribution in [0.4, 0.5) is 0 Å². The zero-order valence-corrected chi connectivity index (χ0v) is 10.8. The Balaban J connectivity index is 1.77. The second-order valence-electron chi connectivity index (χ2n) is 4.51. The highest BCUT2D eigenvalue weighted by molar-refractivity contribution is 5.46. The van der Waals surface area contributed by atoms with Crippen LogP contribution in [-0.4, -0.2) is 51.2 Å². The predicted octanol–water partition coefficient (Wildman–Crippen LogP) is 0.493. The molecule has 3 heterocycles. The van der Waals surface area contributed by atoms with Gasteiger partial charge in [0.05, 0.1) is 6.04 Å². The molecular weight excluding hydrogens is 244 g/mol. The van der Waals surface area contributed by atoms with Gasteiger partial charge in [-0.3, -0.25) is 4.90 Å². The van der Waals surface area contributed by atoms with Crippen molar-refractivity contribution in [2.45, 2.75) is 13.0 Å². The molecule has 0 aromatic carbocycles. The molecule has 3 rings (SSSR count). The first-order valence-electron chi connectivity index (χ1n) is 6.39. The summed E-state index contributed by atoms with van der Waals surface area (Å²) in [6, 6.07) is 1.90. The van der Waals surface area contributed by atoms with Crippen LogP contribution in [0.25, 0.3) is 11.5 Å². The fourth-order valence-corrected chi connectivity index (χ4v) is 2.16. The second kappa shape index (κ2) is 5.41. The summed E-state index contributed by atoms with van der Waals surface area (Å²) in [7, 11) is 0. The molecule has 1 aliphatic heterocycles. The maximum absolute atomic E-state index is 5.35. The van der Waals surface area contributed by atoms with Crippen molar-refractivity contribution in [3.8, 4) is 11.5 Å². The molecule has 1 aliphatic rings. The van der Waals surface area contributed by atoms with Crippen molar-refractivity contribution >= 4 is 0 Å². The largest absolute Gasteiger partial charge is 0.337 e. The molecule has 0 saturated carbocycles. The Hall–Kier alpha value is -1.86. The van der Waals surface area contributed by atoms with Gasteiger partial charge in [-0.05, 0) is 13.0 Å². The molecule has 0 bridgehead atoms. The maximum atomic E-state index is 5.35. The summed E-state index contributed by atoms with van der Waals surface area (Å²) in [5.74, 6) is 1.15. The van der Waals surface area contributed by atoms with Gasteiger partial charge in [0.15, 0.2) is 0 Å². The van der Waals surface area contributed by atoms with Gasteiger partial charge in [-0.15, -0.1) is 0 Å². The predicted molar refractivity (Wildman–Crippen MR) is 68.2 cm³/mol. The normalized spacial score (nSPS) is 18.4. The SMILES string of the molecule is CC(c1nc(-c2ccncn2)no1)N1CCNCC1. The molecule has 1 saturated heterocycles. The molecule has 19 heavy (non-hydrogen) atoms. The average Bonchev–Trinajstić information content (AvgIpc) is 2.98. The first-order valence-corrected chi connectivity index (χ1v) is 6.39. The van der Waals surface area contributed by atoms with Crippen LogP contribution in [0, 0.1) is 0 Å². The molecule has 0 amide bonds.